The molecule has 0 aliphatic carbocycles. The van der Waals surface area contributed by atoms with Crippen LogP contribution in [0.25, 0.3) is 0 Å². The normalized spacial score (nSPS) is 11.6. The molecule has 3 aromatic carbocycles. The number of carbonyl (C=O) groups is 1. The van der Waals surface area contributed by atoms with Gasteiger partial charge in [0.15, 0.2) is 0 Å². The van der Waals surface area contributed by atoms with Gasteiger partial charge >= 0.3 is 0 Å². The third-order valence-corrected chi connectivity index (χ3v) is 4.09. The van der Waals surface area contributed by atoms with E-state index in [1.807, 2.05) is 30.3 Å². The van der Waals surface area contributed by atoms with E-state index >= 15 is 0 Å². The van der Waals surface area contributed by atoms with E-state index in [0.717, 1.165) is 12.0 Å². The maximum atomic E-state index is 12.9. The summed E-state index contributed by atoms with van der Waals surface area (Å²) in [5, 5.41) is 2.81. The Labute approximate surface area is 157 Å². The molecule has 3 rings (SSSR count). The quantitative estimate of drug-likeness (QED) is 0.648. The van der Waals surface area contributed by atoms with Gasteiger partial charge in [0, 0.05) is 5.69 Å². The lowest BCUT2D eigenvalue weighted by Crippen LogP contribution is -2.36. The van der Waals surface area contributed by atoms with Crippen molar-refractivity contribution < 1.29 is 13.9 Å². The van der Waals surface area contributed by atoms with Gasteiger partial charge < -0.3 is 15.8 Å². The van der Waals surface area contributed by atoms with Crippen LogP contribution in [0.4, 0.5) is 10.1 Å². The summed E-state index contributed by atoms with van der Waals surface area (Å²) in [5.74, 6) is 0.589. The zero-order chi connectivity index (χ0) is 19.1. The first-order chi connectivity index (χ1) is 13.1. The Hall–Kier alpha value is -3.18. The summed E-state index contributed by atoms with van der Waals surface area (Å²) in [6.45, 7) is 0. The van der Waals surface area contributed by atoms with Gasteiger partial charge in [-0.05, 0) is 66.9 Å². The first kappa shape index (κ1) is 18.6. The van der Waals surface area contributed by atoms with Crippen molar-refractivity contribution in [2.45, 2.75) is 18.9 Å². The average molecular weight is 364 g/mol. The number of nitrogens with one attached hydrogen (secondary N) is 1. The number of halogens is 1. The number of amides is 1. The number of rotatable bonds is 7. The molecule has 27 heavy (non-hydrogen) atoms. The highest BCUT2D eigenvalue weighted by molar-refractivity contribution is 5.94. The smallest absolute Gasteiger partial charge is 0.241 e. The molecule has 0 saturated heterocycles. The third kappa shape index (κ3) is 5.66. The summed E-state index contributed by atoms with van der Waals surface area (Å²) in [4.78, 5) is 12.2. The molecule has 3 aromatic rings. The number of carbonyl (C=O) groups excluding carboxylic acids is 1. The topological polar surface area (TPSA) is 64.4 Å². The highest BCUT2D eigenvalue weighted by Gasteiger charge is 2.13. The summed E-state index contributed by atoms with van der Waals surface area (Å²) >= 11 is 0. The van der Waals surface area contributed by atoms with Crippen LogP contribution in [0.1, 0.15) is 12.0 Å². The second-order valence-corrected chi connectivity index (χ2v) is 6.20. The summed E-state index contributed by atoms with van der Waals surface area (Å²) in [6, 6.07) is 22.1. The third-order valence-electron chi connectivity index (χ3n) is 4.09. The molecule has 0 aliphatic heterocycles. The molecular formula is C22H21FN2O2. The molecule has 0 radical (unpaired) electrons. The van der Waals surface area contributed by atoms with E-state index in [9.17, 15) is 9.18 Å². The van der Waals surface area contributed by atoms with E-state index in [1.54, 1.807) is 36.4 Å². The summed E-state index contributed by atoms with van der Waals surface area (Å²) in [5.41, 5.74) is 7.79. The maximum Gasteiger partial charge on any atom is 0.241 e. The Morgan fingerprint density at radius 3 is 2.15 bits per heavy atom. The molecule has 1 amide bonds. The lowest BCUT2D eigenvalue weighted by Gasteiger charge is -2.13. The van der Waals surface area contributed by atoms with Gasteiger partial charge in [-0.1, -0.05) is 30.3 Å². The highest BCUT2D eigenvalue weighted by atomic mass is 19.1. The minimum absolute atomic E-state index is 0.224. The van der Waals surface area contributed by atoms with Gasteiger partial charge in [0.2, 0.25) is 5.91 Å². The molecule has 138 valence electrons. The van der Waals surface area contributed by atoms with Gasteiger partial charge in [-0.2, -0.15) is 0 Å². The van der Waals surface area contributed by atoms with Crippen molar-refractivity contribution in [3.05, 3.63) is 90.2 Å². The van der Waals surface area contributed by atoms with Gasteiger partial charge in [-0.15, -0.1) is 0 Å². The Balaban J connectivity index is 1.51. The molecule has 0 aliphatic rings. The molecule has 0 bridgehead atoms. The highest BCUT2D eigenvalue weighted by Crippen LogP contribution is 2.23. The molecule has 0 saturated carbocycles. The van der Waals surface area contributed by atoms with Crippen molar-refractivity contribution >= 4 is 11.6 Å². The molecule has 0 aromatic heterocycles. The molecule has 0 spiro atoms. The number of benzene rings is 3. The second-order valence-electron chi connectivity index (χ2n) is 6.20. The van der Waals surface area contributed by atoms with Gasteiger partial charge in [0.1, 0.15) is 17.3 Å². The van der Waals surface area contributed by atoms with Crippen molar-refractivity contribution in [1.29, 1.82) is 0 Å². The van der Waals surface area contributed by atoms with E-state index in [1.165, 1.54) is 12.1 Å². The standard InChI is InChI=1S/C22H21FN2O2/c23-17-7-11-19(12-8-17)27-20-13-9-18(10-14-20)25-22(26)21(24)15-6-16-4-2-1-3-5-16/h1-5,7-14,21H,6,15,24H2,(H,25,26)/t21-/m0/s1. The predicted molar refractivity (Wildman–Crippen MR) is 104 cm³/mol. The van der Waals surface area contributed by atoms with Crippen LogP contribution in [0, 0.1) is 5.82 Å². The monoisotopic (exact) mass is 364 g/mol. The molecule has 1 atom stereocenters. The number of hydrogen-bond donors (Lipinski definition) is 2. The molecule has 0 heterocycles. The summed E-state index contributed by atoms with van der Waals surface area (Å²) in [6.07, 6.45) is 1.32. The number of ether oxygens (including phenoxy) is 1. The number of nitrogens with two attached hydrogens (primary N) is 1. The van der Waals surface area contributed by atoms with Gasteiger partial charge in [0.05, 0.1) is 6.04 Å². The van der Waals surface area contributed by atoms with Gasteiger partial charge in [-0.3, -0.25) is 4.79 Å². The van der Waals surface area contributed by atoms with Crippen molar-refractivity contribution in [1.82, 2.24) is 0 Å². The van der Waals surface area contributed by atoms with Gasteiger partial charge in [0.25, 0.3) is 0 Å². The lowest BCUT2D eigenvalue weighted by molar-refractivity contribution is -0.117. The van der Waals surface area contributed by atoms with Crippen LogP contribution in [0.2, 0.25) is 0 Å². The molecule has 0 fully saturated rings. The Bertz CT molecular complexity index is 865. The first-order valence-corrected chi connectivity index (χ1v) is 8.74. The minimum atomic E-state index is -0.583. The molecule has 3 N–H and O–H groups in total. The van der Waals surface area contributed by atoms with Crippen molar-refractivity contribution in [2.75, 3.05) is 5.32 Å². The molecular weight excluding hydrogens is 343 g/mol. The van der Waals surface area contributed by atoms with Crippen molar-refractivity contribution in [3.63, 3.8) is 0 Å². The Kier molecular flexibility index (Phi) is 6.18. The van der Waals surface area contributed by atoms with E-state index in [4.69, 9.17) is 10.5 Å². The summed E-state index contributed by atoms with van der Waals surface area (Å²) < 4.78 is 18.5. The van der Waals surface area contributed by atoms with Crippen LogP contribution in [-0.2, 0) is 11.2 Å². The maximum absolute atomic E-state index is 12.9. The molecule has 5 heteroatoms. The van der Waals surface area contributed by atoms with Crippen LogP contribution < -0.4 is 15.8 Å². The number of hydrogen-bond acceptors (Lipinski definition) is 3. The SMILES string of the molecule is N[C@@H](CCc1ccccc1)C(=O)Nc1ccc(Oc2ccc(F)cc2)cc1. The Morgan fingerprint density at radius 2 is 1.52 bits per heavy atom. The lowest BCUT2D eigenvalue weighted by atomic mass is 10.1. The van der Waals surface area contributed by atoms with E-state index in [2.05, 4.69) is 5.32 Å². The van der Waals surface area contributed by atoms with Gasteiger partial charge in [-0.25, -0.2) is 4.39 Å². The van der Waals surface area contributed by atoms with E-state index < -0.39 is 6.04 Å². The predicted octanol–water partition coefficient (Wildman–Crippen LogP) is 4.52. The minimum Gasteiger partial charge on any atom is -0.457 e. The van der Waals surface area contributed by atoms with E-state index in [-0.39, 0.29) is 11.7 Å². The van der Waals surface area contributed by atoms with Crippen LogP contribution in [0.15, 0.2) is 78.9 Å². The fraction of sp³-hybridized carbons (Fsp3) is 0.136. The molecule has 0 unspecified atom stereocenters. The Morgan fingerprint density at radius 1 is 0.926 bits per heavy atom. The van der Waals surface area contributed by atoms with Crippen molar-refractivity contribution in [2.24, 2.45) is 5.73 Å². The van der Waals surface area contributed by atoms with Crippen molar-refractivity contribution in [3.8, 4) is 11.5 Å². The fourth-order valence-electron chi connectivity index (χ4n) is 2.58. The number of aryl methyl sites for hydroxylation is 1. The average Bonchev–Trinajstić information content (AvgIpc) is 2.70. The fourth-order valence-corrected chi connectivity index (χ4v) is 2.58. The van der Waals surface area contributed by atoms with Crippen LogP contribution in [0.3, 0.4) is 0 Å². The zero-order valence-corrected chi connectivity index (χ0v) is 14.8. The number of anilines is 1. The zero-order valence-electron chi connectivity index (χ0n) is 14.8. The van der Waals surface area contributed by atoms with E-state index in [0.29, 0.717) is 23.6 Å². The largest absolute Gasteiger partial charge is 0.457 e. The van der Waals surface area contributed by atoms with Crippen LogP contribution in [-0.4, -0.2) is 11.9 Å². The first-order valence-electron chi connectivity index (χ1n) is 8.74. The van der Waals surface area contributed by atoms with Crippen LogP contribution >= 0.6 is 0 Å². The summed E-state index contributed by atoms with van der Waals surface area (Å²) in [7, 11) is 0. The molecule has 4 nitrogen and oxygen atoms in total. The second kappa shape index (κ2) is 8.96. The van der Waals surface area contributed by atoms with Crippen LogP contribution in [0.5, 0.6) is 11.5 Å².